The number of carbonyl (C=O) groups is 1. The SMILES string of the molecule is O=C(NCCc1cnc(-c2ccccc2)nc1)c1c(F)cccc1Cl. The van der Waals surface area contributed by atoms with Gasteiger partial charge >= 0.3 is 0 Å². The highest BCUT2D eigenvalue weighted by atomic mass is 35.5. The van der Waals surface area contributed by atoms with Crippen molar-refractivity contribution in [2.75, 3.05) is 6.54 Å². The fraction of sp³-hybridized carbons (Fsp3) is 0.105. The molecule has 0 aliphatic rings. The lowest BCUT2D eigenvalue weighted by Crippen LogP contribution is -2.27. The first-order valence-corrected chi connectivity index (χ1v) is 8.11. The molecule has 0 fully saturated rings. The molecule has 0 unspecified atom stereocenters. The van der Waals surface area contributed by atoms with Gasteiger partial charge in [-0.2, -0.15) is 0 Å². The van der Waals surface area contributed by atoms with Crippen molar-refractivity contribution in [2.24, 2.45) is 0 Å². The number of nitrogens with one attached hydrogen (secondary N) is 1. The molecule has 1 amide bonds. The van der Waals surface area contributed by atoms with Gasteiger partial charge in [0.1, 0.15) is 5.82 Å². The number of hydrogen-bond donors (Lipinski definition) is 1. The van der Waals surface area contributed by atoms with Gasteiger partial charge in [0, 0.05) is 24.5 Å². The summed E-state index contributed by atoms with van der Waals surface area (Å²) in [5.41, 5.74) is 1.68. The van der Waals surface area contributed by atoms with Crippen molar-refractivity contribution in [1.29, 1.82) is 0 Å². The zero-order chi connectivity index (χ0) is 17.6. The predicted octanol–water partition coefficient (Wildman–Crippen LogP) is 3.91. The van der Waals surface area contributed by atoms with E-state index in [1.165, 1.54) is 18.2 Å². The van der Waals surface area contributed by atoms with E-state index in [4.69, 9.17) is 11.6 Å². The lowest BCUT2D eigenvalue weighted by atomic mass is 10.2. The van der Waals surface area contributed by atoms with E-state index in [0.717, 1.165) is 11.1 Å². The Morgan fingerprint density at radius 1 is 1.04 bits per heavy atom. The smallest absolute Gasteiger partial charge is 0.255 e. The summed E-state index contributed by atoms with van der Waals surface area (Å²) in [5.74, 6) is -0.531. The molecule has 0 aliphatic heterocycles. The highest BCUT2D eigenvalue weighted by Crippen LogP contribution is 2.18. The Morgan fingerprint density at radius 3 is 2.44 bits per heavy atom. The van der Waals surface area contributed by atoms with E-state index in [-0.39, 0.29) is 10.6 Å². The standard InChI is InChI=1S/C19H15ClFN3O/c20-15-7-4-8-16(21)17(15)19(25)22-10-9-13-11-23-18(24-12-13)14-5-2-1-3-6-14/h1-8,11-12H,9-10H2,(H,22,25). The number of benzene rings is 2. The van der Waals surface area contributed by atoms with Gasteiger partial charge in [-0.05, 0) is 24.1 Å². The Kier molecular flexibility index (Phi) is 5.36. The first-order chi connectivity index (χ1) is 12.1. The lowest BCUT2D eigenvalue weighted by molar-refractivity contribution is 0.0950. The molecule has 3 aromatic rings. The van der Waals surface area contributed by atoms with E-state index in [1.54, 1.807) is 12.4 Å². The fourth-order valence-corrected chi connectivity index (χ4v) is 2.59. The second-order valence-corrected chi connectivity index (χ2v) is 5.79. The molecule has 1 heterocycles. The van der Waals surface area contributed by atoms with Crippen molar-refractivity contribution in [3.8, 4) is 11.4 Å². The molecule has 0 bridgehead atoms. The molecular formula is C19H15ClFN3O. The van der Waals surface area contributed by atoms with Crippen molar-refractivity contribution in [3.63, 3.8) is 0 Å². The third-order valence-corrected chi connectivity index (χ3v) is 3.94. The number of hydrogen-bond acceptors (Lipinski definition) is 3. The van der Waals surface area contributed by atoms with Crippen molar-refractivity contribution >= 4 is 17.5 Å². The molecule has 0 spiro atoms. The monoisotopic (exact) mass is 355 g/mol. The van der Waals surface area contributed by atoms with Crippen molar-refractivity contribution in [2.45, 2.75) is 6.42 Å². The quantitative estimate of drug-likeness (QED) is 0.755. The normalized spacial score (nSPS) is 10.5. The van der Waals surface area contributed by atoms with Crippen molar-refractivity contribution < 1.29 is 9.18 Å². The van der Waals surface area contributed by atoms with Crippen LogP contribution in [0.25, 0.3) is 11.4 Å². The third-order valence-electron chi connectivity index (χ3n) is 3.63. The van der Waals surface area contributed by atoms with Crippen LogP contribution in [-0.2, 0) is 6.42 Å². The van der Waals surface area contributed by atoms with E-state index in [9.17, 15) is 9.18 Å². The number of amides is 1. The van der Waals surface area contributed by atoms with E-state index >= 15 is 0 Å². The molecule has 2 aromatic carbocycles. The van der Waals surface area contributed by atoms with Gasteiger partial charge in [0.15, 0.2) is 5.82 Å². The molecule has 25 heavy (non-hydrogen) atoms. The van der Waals surface area contributed by atoms with Crippen LogP contribution in [0.15, 0.2) is 60.9 Å². The summed E-state index contributed by atoms with van der Waals surface area (Å²) < 4.78 is 13.7. The van der Waals surface area contributed by atoms with Crippen LogP contribution in [0, 0.1) is 5.82 Å². The van der Waals surface area contributed by atoms with Crippen LogP contribution in [0.3, 0.4) is 0 Å². The second kappa shape index (κ2) is 7.85. The van der Waals surface area contributed by atoms with Crippen LogP contribution in [-0.4, -0.2) is 22.4 Å². The minimum absolute atomic E-state index is 0.0908. The molecule has 6 heteroatoms. The molecule has 0 aliphatic carbocycles. The van der Waals surface area contributed by atoms with E-state index in [0.29, 0.717) is 18.8 Å². The molecular weight excluding hydrogens is 341 g/mol. The van der Waals surface area contributed by atoms with Gasteiger partial charge in [0.05, 0.1) is 10.6 Å². The van der Waals surface area contributed by atoms with Gasteiger partial charge < -0.3 is 5.32 Å². The summed E-state index contributed by atoms with van der Waals surface area (Å²) in [6, 6.07) is 13.8. The summed E-state index contributed by atoms with van der Waals surface area (Å²) in [5, 5.41) is 2.75. The summed E-state index contributed by atoms with van der Waals surface area (Å²) in [6.45, 7) is 0.331. The summed E-state index contributed by atoms with van der Waals surface area (Å²) in [7, 11) is 0. The van der Waals surface area contributed by atoms with Crippen molar-refractivity contribution in [3.05, 3.63) is 82.9 Å². The Bertz CT molecular complexity index is 849. The van der Waals surface area contributed by atoms with Crippen LogP contribution < -0.4 is 5.32 Å². The summed E-state index contributed by atoms with van der Waals surface area (Å²) in [6.07, 6.45) is 3.97. The molecule has 3 rings (SSSR count). The van der Waals surface area contributed by atoms with E-state index in [1.807, 2.05) is 30.3 Å². The minimum Gasteiger partial charge on any atom is -0.352 e. The number of aromatic nitrogens is 2. The predicted molar refractivity (Wildman–Crippen MR) is 94.9 cm³/mol. The maximum atomic E-state index is 13.7. The van der Waals surface area contributed by atoms with Crippen molar-refractivity contribution in [1.82, 2.24) is 15.3 Å². The molecule has 4 nitrogen and oxygen atoms in total. The topological polar surface area (TPSA) is 54.9 Å². The highest BCUT2D eigenvalue weighted by molar-refractivity contribution is 6.33. The average Bonchev–Trinajstić information content (AvgIpc) is 2.63. The Morgan fingerprint density at radius 2 is 1.76 bits per heavy atom. The van der Waals surface area contributed by atoms with Gasteiger partial charge in [-0.15, -0.1) is 0 Å². The van der Waals surface area contributed by atoms with Crippen LogP contribution in [0.5, 0.6) is 0 Å². The van der Waals surface area contributed by atoms with Gasteiger partial charge in [0.25, 0.3) is 5.91 Å². The number of halogens is 2. The molecule has 126 valence electrons. The molecule has 0 radical (unpaired) electrons. The number of nitrogens with zero attached hydrogens (tertiary/aromatic N) is 2. The first kappa shape index (κ1) is 17.0. The Balaban J connectivity index is 1.58. The highest BCUT2D eigenvalue weighted by Gasteiger charge is 2.15. The summed E-state index contributed by atoms with van der Waals surface area (Å²) >= 11 is 5.88. The van der Waals surface area contributed by atoms with Gasteiger partial charge in [-0.3, -0.25) is 4.79 Å². The van der Waals surface area contributed by atoms with E-state index < -0.39 is 11.7 Å². The largest absolute Gasteiger partial charge is 0.352 e. The molecule has 0 atom stereocenters. The lowest BCUT2D eigenvalue weighted by Gasteiger charge is -2.08. The maximum absolute atomic E-state index is 13.7. The zero-order valence-corrected chi connectivity index (χ0v) is 14.0. The van der Waals surface area contributed by atoms with Crippen LogP contribution >= 0.6 is 11.6 Å². The van der Waals surface area contributed by atoms with Crippen LogP contribution in [0.4, 0.5) is 4.39 Å². The third kappa shape index (κ3) is 4.19. The second-order valence-electron chi connectivity index (χ2n) is 5.38. The molecule has 1 N–H and O–H groups in total. The Labute approximate surface area is 149 Å². The van der Waals surface area contributed by atoms with Crippen LogP contribution in [0.1, 0.15) is 15.9 Å². The first-order valence-electron chi connectivity index (χ1n) is 7.73. The number of rotatable bonds is 5. The fourth-order valence-electron chi connectivity index (χ4n) is 2.34. The minimum atomic E-state index is -0.638. The van der Waals surface area contributed by atoms with E-state index in [2.05, 4.69) is 15.3 Å². The van der Waals surface area contributed by atoms with Gasteiger partial charge in [-0.25, -0.2) is 14.4 Å². The van der Waals surface area contributed by atoms with Gasteiger partial charge in [-0.1, -0.05) is 48.0 Å². The summed E-state index contributed by atoms with van der Waals surface area (Å²) in [4.78, 5) is 20.7. The molecule has 0 saturated carbocycles. The number of carbonyl (C=O) groups excluding carboxylic acids is 1. The van der Waals surface area contributed by atoms with Gasteiger partial charge in [0.2, 0.25) is 0 Å². The average molecular weight is 356 g/mol. The Hall–Kier alpha value is -2.79. The maximum Gasteiger partial charge on any atom is 0.255 e. The van der Waals surface area contributed by atoms with Crippen LogP contribution in [0.2, 0.25) is 5.02 Å². The molecule has 0 saturated heterocycles. The zero-order valence-electron chi connectivity index (χ0n) is 13.2. The molecule has 1 aromatic heterocycles.